The summed E-state index contributed by atoms with van der Waals surface area (Å²) in [6.45, 7) is 2.20. The van der Waals surface area contributed by atoms with E-state index in [1.807, 2.05) is 43.3 Å². The van der Waals surface area contributed by atoms with Crippen molar-refractivity contribution < 1.29 is 18.7 Å². The van der Waals surface area contributed by atoms with Gasteiger partial charge in [0.1, 0.15) is 0 Å². The molecule has 0 spiro atoms. The van der Waals surface area contributed by atoms with Gasteiger partial charge in [0.25, 0.3) is 0 Å². The van der Waals surface area contributed by atoms with Crippen molar-refractivity contribution in [2.24, 2.45) is 0 Å². The van der Waals surface area contributed by atoms with Crippen LogP contribution in [0.15, 0.2) is 65.1 Å². The fourth-order valence-corrected chi connectivity index (χ4v) is 3.74. The van der Waals surface area contributed by atoms with Gasteiger partial charge in [-0.3, -0.25) is 4.79 Å². The highest BCUT2D eigenvalue weighted by Crippen LogP contribution is 2.35. The number of carbonyl (C=O) groups is 1. The number of ether oxygens (including phenoxy) is 2. The highest BCUT2D eigenvalue weighted by molar-refractivity contribution is 5.86. The molecule has 1 aliphatic heterocycles. The molecule has 3 aromatic carbocycles. The Hall–Kier alpha value is -3.87. The summed E-state index contributed by atoms with van der Waals surface area (Å²) in [6.07, 6.45) is 0.628. The minimum absolute atomic E-state index is 0.0664. The number of amides is 1. The topological polar surface area (TPSA) is 86.5 Å². The molecule has 0 radical (unpaired) electrons. The van der Waals surface area contributed by atoms with Crippen LogP contribution >= 0.6 is 0 Å². The molecule has 1 aliphatic rings. The van der Waals surface area contributed by atoms with Crippen molar-refractivity contribution in [3.8, 4) is 23.0 Å². The molecule has 31 heavy (non-hydrogen) atoms. The Labute approximate surface area is 179 Å². The first-order valence-electron chi connectivity index (χ1n) is 10.2. The standard InChI is InChI=1S/C24H21N3O4/c1-15(18-8-4-6-16-5-2-3-7-19(16)18)25-22(28)11-12-23-26-27-24(31-23)17-9-10-20-21(13-17)30-14-29-20/h2-10,13,15H,11-12,14H2,1H3,(H,25,28)/t15-/m0/s1. The summed E-state index contributed by atoms with van der Waals surface area (Å²) < 4.78 is 16.4. The Bertz CT molecular complexity index is 1250. The first kappa shape index (κ1) is 19.1. The number of nitrogens with zero attached hydrogens (tertiary/aromatic N) is 2. The van der Waals surface area contributed by atoms with Crippen molar-refractivity contribution in [1.82, 2.24) is 15.5 Å². The second kappa shape index (κ2) is 8.10. The lowest BCUT2D eigenvalue weighted by Crippen LogP contribution is -2.27. The van der Waals surface area contributed by atoms with Crippen LogP contribution < -0.4 is 14.8 Å². The number of hydrogen-bond acceptors (Lipinski definition) is 6. The number of fused-ring (bicyclic) bond motifs is 2. The zero-order valence-corrected chi connectivity index (χ0v) is 17.0. The zero-order chi connectivity index (χ0) is 21.2. The Morgan fingerprint density at radius 1 is 1.03 bits per heavy atom. The summed E-state index contributed by atoms with van der Waals surface area (Å²) in [5.41, 5.74) is 1.84. The third-order valence-corrected chi connectivity index (χ3v) is 5.32. The molecule has 156 valence electrons. The molecule has 0 bridgehead atoms. The summed E-state index contributed by atoms with van der Waals surface area (Å²) in [5, 5.41) is 13.5. The Balaban J connectivity index is 1.21. The van der Waals surface area contributed by atoms with E-state index in [0.29, 0.717) is 29.7 Å². The van der Waals surface area contributed by atoms with Crippen LogP contribution in [0, 0.1) is 0 Å². The first-order valence-corrected chi connectivity index (χ1v) is 10.2. The van der Waals surface area contributed by atoms with Crippen LogP contribution in [0.3, 0.4) is 0 Å². The van der Waals surface area contributed by atoms with E-state index in [-0.39, 0.29) is 25.2 Å². The second-order valence-corrected chi connectivity index (χ2v) is 7.43. The van der Waals surface area contributed by atoms with Gasteiger partial charge in [-0.25, -0.2) is 0 Å². The number of benzene rings is 3. The average molecular weight is 415 g/mol. The van der Waals surface area contributed by atoms with Gasteiger partial charge in [0.15, 0.2) is 11.5 Å². The summed E-state index contributed by atoms with van der Waals surface area (Å²) in [6, 6.07) is 19.6. The molecule has 4 aromatic rings. The molecule has 0 fully saturated rings. The quantitative estimate of drug-likeness (QED) is 0.501. The Morgan fingerprint density at radius 2 is 1.87 bits per heavy atom. The first-order chi connectivity index (χ1) is 15.2. The molecule has 0 unspecified atom stereocenters. The van der Waals surface area contributed by atoms with Crippen LogP contribution in [0.1, 0.15) is 30.8 Å². The van der Waals surface area contributed by atoms with Gasteiger partial charge in [0, 0.05) is 18.4 Å². The molecule has 7 heteroatoms. The van der Waals surface area contributed by atoms with E-state index in [2.05, 4.69) is 33.7 Å². The van der Waals surface area contributed by atoms with Crippen molar-refractivity contribution in [2.75, 3.05) is 6.79 Å². The molecule has 5 rings (SSSR count). The van der Waals surface area contributed by atoms with E-state index in [4.69, 9.17) is 13.9 Å². The summed E-state index contributed by atoms with van der Waals surface area (Å²) >= 11 is 0. The molecule has 1 aromatic heterocycles. The van der Waals surface area contributed by atoms with E-state index in [9.17, 15) is 4.79 Å². The van der Waals surface area contributed by atoms with Crippen molar-refractivity contribution in [3.63, 3.8) is 0 Å². The lowest BCUT2D eigenvalue weighted by molar-refractivity contribution is -0.121. The minimum Gasteiger partial charge on any atom is -0.454 e. The van der Waals surface area contributed by atoms with E-state index >= 15 is 0 Å². The van der Waals surface area contributed by atoms with Gasteiger partial charge in [-0.15, -0.1) is 10.2 Å². The van der Waals surface area contributed by atoms with Gasteiger partial charge in [-0.2, -0.15) is 0 Å². The molecule has 1 N–H and O–H groups in total. The van der Waals surface area contributed by atoms with Crippen molar-refractivity contribution in [2.45, 2.75) is 25.8 Å². The number of carbonyl (C=O) groups excluding carboxylic acids is 1. The SMILES string of the molecule is C[C@H](NC(=O)CCc1nnc(-c2ccc3c(c2)OCO3)o1)c1cccc2ccccc12. The van der Waals surface area contributed by atoms with Gasteiger partial charge < -0.3 is 19.2 Å². The second-order valence-electron chi connectivity index (χ2n) is 7.43. The molecule has 2 heterocycles. The third-order valence-electron chi connectivity index (χ3n) is 5.32. The van der Waals surface area contributed by atoms with Crippen LogP contribution in [0.2, 0.25) is 0 Å². The number of rotatable bonds is 6. The fourth-order valence-electron chi connectivity index (χ4n) is 3.74. The molecule has 1 amide bonds. The van der Waals surface area contributed by atoms with Crippen LogP contribution in [0.4, 0.5) is 0 Å². The smallest absolute Gasteiger partial charge is 0.247 e. The highest BCUT2D eigenvalue weighted by Gasteiger charge is 2.18. The molecule has 0 saturated heterocycles. The van der Waals surface area contributed by atoms with Crippen LogP contribution in [0.25, 0.3) is 22.2 Å². The predicted octanol–water partition coefficient (Wildman–Crippen LogP) is 4.43. The van der Waals surface area contributed by atoms with Crippen molar-refractivity contribution in [1.29, 1.82) is 0 Å². The number of nitrogens with one attached hydrogen (secondary N) is 1. The highest BCUT2D eigenvalue weighted by atomic mass is 16.7. The minimum atomic E-state index is -0.106. The van der Waals surface area contributed by atoms with Crippen molar-refractivity contribution in [3.05, 3.63) is 72.1 Å². The molecule has 0 saturated carbocycles. The van der Waals surface area contributed by atoms with Gasteiger partial charge in [-0.1, -0.05) is 42.5 Å². The van der Waals surface area contributed by atoms with Gasteiger partial charge in [0.2, 0.25) is 24.5 Å². The fraction of sp³-hybridized carbons (Fsp3) is 0.208. The Kier molecular flexibility index (Phi) is 5.00. The lowest BCUT2D eigenvalue weighted by atomic mass is 9.99. The lowest BCUT2D eigenvalue weighted by Gasteiger charge is -2.16. The van der Waals surface area contributed by atoms with Gasteiger partial charge >= 0.3 is 0 Å². The average Bonchev–Trinajstić information content (AvgIpc) is 3.46. The maximum atomic E-state index is 12.5. The zero-order valence-electron chi connectivity index (χ0n) is 17.0. The van der Waals surface area contributed by atoms with Gasteiger partial charge in [0.05, 0.1) is 6.04 Å². The number of aryl methyl sites for hydroxylation is 1. The van der Waals surface area contributed by atoms with E-state index in [1.165, 1.54) is 0 Å². The third kappa shape index (κ3) is 3.94. The van der Waals surface area contributed by atoms with Gasteiger partial charge in [-0.05, 0) is 41.5 Å². The largest absolute Gasteiger partial charge is 0.454 e. The monoisotopic (exact) mass is 415 g/mol. The Morgan fingerprint density at radius 3 is 2.81 bits per heavy atom. The van der Waals surface area contributed by atoms with Crippen molar-refractivity contribution >= 4 is 16.7 Å². The molecular formula is C24H21N3O4. The normalized spacial score (nSPS) is 13.3. The molecule has 7 nitrogen and oxygen atoms in total. The summed E-state index contributed by atoms with van der Waals surface area (Å²) in [4.78, 5) is 12.5. The van der Waals surface area contributed by atoms with E-state index < -0.39 is 0 Å². The molecule has 0 aliphatic carbocycles. The van der Waals surface area contributed by atoms with Crippen LogP contribution in [-0.2, 0) is 11.2 Å². The van der Waals surface area contributed by atoms with Crippen LogP contribution in [-0.4, -0.2) is 22.9 Å². The molecule has 1 atom stereocenters. The number of aromatic nitrogens is 2. The maximum Gasteiger partial charge on any atom is 0.247 e. The van der Waals surface area contributed by atoms with E-state index in [1.54, 1.807) is 6.07 Å². The molecular weight excluding hydrogens is 394 g/mol. The van der Waals surface area contributed by atoms with E-state index in [0.717, 1.165) is 21.9 Å². The maximum absolute atomic E-state index is 12.5. The predicted molar refractivity (Wildman–Crippen MR) is 115 cm³/mol. The number of hydrogen-bond donors (Lipinski definition) is 1. The summed E-state index contributed by atoms with van der Waals surface area (Å²) in [7, 11) is 0. The summed E-state index contributed by atoms with van der Waals surface area (Å²) in [5.74, 6) is 2.08. The van der Waals surface area contributed by atoms with Crippen LogP contribution in [0.5, 0.6) is 11.5 Å².